The van der Waals surface area contributed by atoms with Gasteiger partial charge in [-0.3, -0.25) is 0 Å². The highest BCUT2D eigenvalue weighted by molar-refractivity contribution is 4.20. The molecule has 0 saturated carbocycles. The van der Waals surface area contributed by atoms with Gasteiger partial charge in [-0.1, -0.05) is 0 Å². The van der Waals surface area contributed by atoms with Crippen molar-refractivity contribution in [1.82, 2.24) is 0 Å². The first kappa shape index (κ1) is 3.96. The zero-order chi connectivity index (χ0) is 3.58. The predicted molar refractivity (Wildman–Crippen MR) is 17.4 cm³/mol. The summed E-state index contributed by atoms with van der Waals surface area (Å²) in [5.74, 6) is 0. The predicted octanol–water partition coefficient (Wildman–Crippen LogP) is 0.387. The highest BCUT2D eigenvalue weighted by Gasteiger charge is 1.69. The van der Waals surface area contributed by atoms with Gasteiger partial charge in [-0.25, -0.2) is 0 Å². The molecule has 0 fully saturated rings. The molecule has 0 aromatic heterocycles. The van der Waals surface area contributed by atoms with Crippen LogP contribution in [0.3, 0.4) is 0 Å². The largest absolute Gasteiger partial charge is 0.394 e. The van der Waals surface area contributed by atoms with E-state index >= 15 is 0 Å². The summed E-state index contributed by atoms with van der Waals surface area (Å²) < 4.78 is 0. The summed E-state index contributed by atoms with van der Waals surface area (Å²) in [5.41, 5.74) is 0. The van der Waals surface area contributed by atoms with Crippen molar-refractivity contribution in [2.24, 2.45) is 0 Å². The summed E-state index contributed by atoms with van der Waals surface area (Å²) in [6.07, 6.45) is -0.167. The summed E-state index contributed by atoms with van der Waals surface area (Å²) in [7, 11) is 0. The third kappa shape index (κ3) is 1130. The van der Waals surface area contributed by atoms with Crippen molar-refractivity contribution in [2.75, 3.05) is 0 Å². The molecule has 1 heteroatoms. The fourth-order valence-corrected chi connectivity index (χ4v) is 0. The molecule has 0 amide bonds. The average molecular weight is 61.1 g/mol. The molecule has 0 saturated heterocycles. The van der Waals surface area contributed by atoms with Gasteiger partial charge in [0.1, 0.15) is 0 Å². The van der Waals surface area contributed by atoms with E-state index in [9.17, 15) is 0 Å². The minimum absolute atomic E-state index is 0.167. The smallest absolute Gasteiger partial charge is 0.0483 e. The molecule has 0 bridgehead atoms. The highest BCUT2D eigenvalue weighted by Crippen LogP contribution is 1.65. The number of hydrogen-bond donors (Lipinski definition) is 1. The molecule has 0 rings (SSSR count). The zero-order valence-electron chi connectivity index (χ0n) is 3.02. The second kappa shape index (κ2) is 1.30. The minimum Gasteiger partial charge on any atom is -0.394 e. The van der Waals surface area contributed by atoms with Crippen LogP contribution in [0.5, 0.6) is 0 Å². The molecule has 0 aromatic rings. The van der Waals surface area contributed by atoms with Gasteiger partial charge in [0.05, 0.1) is 0 Å². The third-order valence-electron chi connectivity index (χ3n) is 0. The number of rotatable bonds is 0. The monoisotopic (exact) mass is 61.1 g/mol. The van der Waals surface area contributed by atoms with E-state index < -0.39 is 0 Å². The first-order valence-electron chi connectivity index (χ1n) is 1.41. The van der Waals surface area contributed by atoms with Crippen LogP contribution < -0.4 is 0 Å². The van der Waals surface area contributed by atoms with E-state index in [1.807, 2.05) is 0 Å². The molecule has 1 nitrogen and oxygen atoms in total. The van der Waals surface area contributed by atoms with E-state index in [4.69, 9.17) is 5.11 Å². The maximum Gasteiger partial charge on any atom is 0.0483 e. The van der Waals surface area contributed by atoms with Crippen LogP contribution in [0.4, 0.5) is 0 Å². The molecule has 0 radical (unpaired) electrons. The summed E-state index contributed by atoms with van der Waals surface area (Å²) in [4.78, 5) is 0. The van der Waals surface area contributed by atoms with Crippen LogP contribution in [0, 0.1) is 0 Å². The quantitative estimate of drug-likeness (QED) is 0.401. The average Bonchev–Trinajstić information content (AvgIpc) is 0.811. The molecular formula is C3H8O. The Hall–Kier alpha value is -0.0400. The van der Waals surface area contributed by atoms with Crippen molar-refractivity contribution in [1.29, 1.82) is 0 Å². The fourth-order valence-electron chi connectivity index (χ4n) is 0. The van der Waals surface area contributed by atoms with Crippen LogP contribution in [-0.4, -0.2) is 11.2 Å². The normalized spacial score (nSPS) is 9.00. The van der Waals surface area contributed by atoms with Crippen LogP contribution in [0.1, 0.15) is 13.8 Å². The topological polar surface area (TPSA) is 20.2 Å². The second-order valence-corrected chi connectivity index (χ2v) is 1.09. The van der Waals surface area contributed by atoms with Crippen molar-refractivity contribution < 1.29 is 5.11 Å². The summed E-state index contributed by atoms with van der Waals surface area (Å²) in [6.45, 7) is 3.44. The van der Waals surface area contributed by atoms with Crippen molar-refractivity contribution in [2.45, 2.75) is 20.0 Å². The second-order valence-electron chi connectivity index (χ2n) is 1.09. The standard InChI is InChI=1S/C3H8O/c1-3(2)4/h3-4H,1-2H3/i3+1. The van der Waals surface area contributed by atoms with Crippen LogP contribution in [0.2, 0.25) is 0 Å². The Kier molecular flexibility index (Phi) is 1.28. The van der Waals surface area contributed by atoms with E-state index in [-0.39, 0.29) is 6.10 Å². The number of hydrogen-bond acceptors (Lipinski definition) is 1. The Morgan fingerprint density at radius 2 is 1.50 bits per heavy atom. The highest BCUT2D eigenvalue weighted by atomic mass is 16.3. The van der Waals surface area contributed by atoms with Gasteiger partial charge < -0.3 is 5.11 Å². The van der Waals surface area contributed by atoms with E-state index in [2.05, 4.69) is 0 Å². The molecule has 1 N–H and O–H groups in total. The molecule has 0 spiro atoms. The Bertz CT molecular complexity index is 8.00. The van der Waals surface area contributed by atoms with Crippen LogP contribution in [0.25, 0.3) is 0 Å². The molecule has 0 atom stereocenters. The third-order valence-corrected chi connectivity index (χ3v) is 0. The Balaban J connectivity index is 2.32. The molecule has 0 heterocycles. The summed E-state index contributed by atoms with van der Waals surface area (Å²) in [5, 5.41) is 8.06. The molecule has 0 aliphatic heterocycles. The van der Waals surface area contributed by atoms with Gasteiger partial charge in [0.2, 0.25) is 0 Å². The lowest BCUT2D eigenvalue weighted by atomic mass is 10.9. The number of aliphatic hydroxyl groups excluding tert-OH is 1. The van der Waals surface area contributed by atoms with E-state index in [0.717, 1.165) is 0 Å². The Morgan fingerprint density at radius 1 is 1.50 bits per heavy atom. The first-order valence-corrected chi connectivity index (χ1v) is 1.41. The van der Waals surface area contributed by atoms with E-state index in [1.54, 1.807) is 13.8 Å². The minimum atomic E-state index is -0.167. The van der Waals surface area contributed by atoms with Gasteiger partial charge in [-0.2, -0.15) is 0 Å². The molecule has 0 aromatic carbocycles. The lowest BCUT2D eigenvalue weighted by Gasteiger charge is -1.80. The zero-order valence-corrected chi connectivity index (χ0v) is 3.02. The molecule has 26 valence electrons. The van der Waals surface area contributed by atoms with Crippen molar-refractivity contribution in [3.05, 3.63) is 0 Å². The lowest BCUT2D eigenvalue weighted by molar-refractivity contribution is 0.216. The van der Waals surface area contributed by atoms with Gasteiger partial charge in [0.25, 0.3) is 0 Å². The molecule has 4 heavy (non-hydrogen) atoms. The van der Waals surface area contributed by atoms with Gasteiger partial charge in [0.15, 0.2) is 0 Å². The molecular weight excluding hydrogens is 53.0 g/mol. The maximum absolute atomic E-state index is 8.06. The van der Waals surface area contributed by atoms with Crippen molar-refractivity contribution in [3.63, 3.8) is 0 Å². The molecule has 0 unspecified atom stereocenters. The van der Waals surface area contributed by atoms with Crippen molar-refractivity contribution in [3.8, 4) is 0 Å². The van der Waals surface area contributed by atoms with Gasteiger partial charge in [0, 0.05) is 6.10 Å². The summed E-state index contributed by atoms with van der Waals surface area (Å²) in [6, 6.07) is 0. The van der Waals surface area contributed by atoms with Crippen LogP contribution >= 0.6 is 0 Å². The van der Waals surface area contributed by atoms with Gasteiger partial charge >= 0.3 is 0 Å². The van der Waals surface area contributed by atoms with E-state index in [1.165, 1.54) is 0 Å². The van der Waals surface area contributed by atoms with Gasteiger partial charge in [-0.05, 0) is 13.8 Å². The van der Waals surface area contributed by atoms with Crippen LogP contribution in [0.15, 0.2) is 0 Å². The van der Waals surface area contributed by atoms with E-state index in [0.29, 0.717) is 0 Å². The van der Waals surface area contributed by atoms with Gasteiger partial charge in [-0.15, -0.1) is 0 Å². The maximum atomic E-state index is 8.06. The fraction of sp³-hybridized carbons (Fsp3) is 1.00. The lowest BCUT2D eigenvalue weighted by Crippen LogP contribution is -1.85. The van der Waals surface area contributed by atoms with Crippen molar-refractivity contribution >= 4 is 0 Å². The SMILES string of the molecule is C[13CH](C)O. The van der Waals surface area contributed by atoms with Crippen LogP contribution in [-0.2, 0) is 0 Å². The molecule has 0 aliphatic carbocycles. The first-order chi connectivity index (χ1) is 1.73. The Labute approximate surface area is 26.3 Å². The molecule has 0 aliphatic rings. The number of aliphatic hydroxyl groups is 1. The summed E-state index contributed by atoms with van der Waals surface area (Å²) >= 11 is 0. The Morgan fingerprint density at radius 3 is 1.50 bits per heavy atom.